The van der Waals surface area contributed by atoms with Crippen LogP contribution in [0.1, 0.15) is 17.7 Å². The van der Waals surface area contributed by atoms with Gasteiger partial charge in [0.2, 0.25) is 5.91 Å². The van der Waals surface area contributed by atoms with E-state index in [9.17, 15) is 14.1 Å². The lowest BCUT2D eigenvalue weighted by Crippen LogP contribution is -2.39. The van der Waals surface area contributed by atoms with Gasteiger partial charge in [0.25, 0.3) is 0 Å². The number of hydrogen-bond donors (Lipinski definition) is 2. The lowest BCUT2D eigenvalue weighted by Gasteiger charge is -2.28. The number of thiophene rings is 1. The van der Waals surface area contributed by atoms with Crippen molar-refractivity contribution in [3.8, 4) is 5.75 Å². The zero-order valence-corrected chi connectivity index (χ0v) is 11.7. The maximum Gasteiger partial charge on any atom is 0.220 e. The topological polar surface area (TPSA) is 83.6 Å². The summed E-state index contributed by atoms with van der Waals surface area (Å²) in [6.45, 7) is 2.98. The van der Waals surface area contributed by atoms with Crippen molar-refractivity contribution in [3.63, 3.8) is 0 Å². The number of nitrogens with zero attached hydrogens (tertiary/aromatic N) is 1. The molecule has 0 spiro atoms. The Morgan fingerprint density at radius 3 is 2.61 bits per heavy atom. The molecule has 1 aliphatic heterocycles. The Balaban J connectivity index is 2.01. The van der Waals surface area contributed by atoms with Gasteiger partial charge >= 0.3 is 0 Å². The zero-order chi connectivity index (χ0) is 13.3. The molecule has 0 bridgehead atoms. The molecule has 1 aliphatic rings. The predicted molar refractivity (Wildman–Crippen MR) is 70.6 cm³/mol. The van der Waals surface area contributed by atoms with Crippen LogP contribution in [-0.2, 0) is 15.8 Å². The Hall–Kier alpha value is -0.920. The highest BCUT2D eigenvalue weighted by molar-refractivity contribution is 7.85. The highest BCUT2D eigenvalue weighted by atomic mass is 32.2. The van der Waals surface area contributed by atoms with Crippen LogP contribution in [-0.4, -0.2) is 32.6 Å². The van der Waals surface area contributed by atoms with Crippen molar-refractivity contribution < 1.29 is 14.1 Å². The summed E-state index contributed by atoms with van der Waals surface area (Å²) < 4.78 is 14.7. The molecule has 1 fully saturated rings. The van der Waals surface area contributed by atoms with E-state index < -0.39 is 11.0 Å². The molecule has 18 heavy (non-hydrogen) atoms. The van der Waals surface area contributed by atoms with Crippen molar-refractivity contribution in [2.45, 2.75) is 24.0 Å². The molecule has 7 heteroatoms. The fourth-order valence-electron chi connectivity index (χ4n) is 1.97. The molecule has 1 atom stereocenters. The molecule has 100 valence electrons. The Morgan fingerprint density at radius 2 is 2.17 bits per heavy atom. The maximum atomic E-state index is 12.3. The van der Waals surface area contributed by atoms with Crippen LogP contribution in [0, 0.1) is 12.8 Å². The van der Waals surface area contributed by atoms with E-state index in [0.29, 0.717) is 30.1 Å². The van der Waals surface area contributed by atoms with Gasteiger partial charge in [0.05, 0.1) is 0 Å². The van der Waals surface area contributed by atoms with Gasteiger partial charge in [-0.15, -0.1) is 11.3 Å². The molecular formula is C11H16N2O3S2. The SMILES string of the molecule is Cc1sc(S(=O)N2CCC(C(N)=O)CC2)cc1O. The Kier molecular flexibility index (Phi) is 4.04. The Bertz CT molecular complexity index is 459. The van der Waals surface area contributed by atoms with E-state index >= 15 is 0 Å². The molecule has 1 aromatic heterocycles. The van der Waals surface area contributed by atoms with Gasteiger partial charge in [0, 0.05) is 30.0 Å². The molecule has 3 N–H and O–H groups in total. The largest absolute Gasteiger partial charge is 0.507 e. The van der Waals surface area contributed by atoms with Crippen LogP contribution in [0.15, 0.2) is 10.3 Å². The van der Waals surface area contributed by atoms with Crippen LogP contribution in [0.25, 0.3) is 0 Å². The maximum absolute atomic E-state index is 12.3. The minimum atomic E-state index is -1.25. The van der Waals surface area contributed by atoms with Crippen molar-refractivity contribution >= 4 is 28.2 Å². The smallest absolute Gasteiger partial charge is 0.220 e. The highest BCUT2D eigenvalue weighted by Crippen LogP contribution is 2.31. The molecule has 2 heterocycles. The summed E-state index contributed by atoms with van der Waals surface area (Å²) in [6, 6.07) is 1.55. The Morgan fingerprint density at radius 1 is 1.56 bits per heavy atom. The predicted octanol–water partition coefficient (Wildman–Crippen LogP) is 0.982. The number of carbonyl (C=O) groups is 1. The van der Waals surface area contributed by atoms with Gasteiger partial charge in [-0.25, -0.2) is 8.51 Å². The fraction of sp³-hybridized carbons (Fsp3) is 0.545. The lowest BCUT2D eigenvalue weighted by molar-refractivity contribution is -0.122. The number of amides is 1. The monoisotopic (exact) mass is 288 g/mol. The van der Waals surface area contributed by atoms with E-state index in [2.05, 4.69) is 0 Å². The molecule has 1 saturated heterocycles. The van der Waals surface area contributed by atoms with Crippen molar-refractivity contribution in [1.29, 1.82) is 0 Å². The Labute approximate surface area is 112 Å². The van der Waals surface area contributed by atoms with Crippen LogP contribution in [0.2, 0.25) is 0 Å². The number of nitrogens with two attached hydrogens (primary N) is 1. The molecule has 5 nitrogen and oxygen atoms in total. The molecule has 0 aliphatic carbocycles. The first-order valence-corrected chi connectivity index (χ1v) is 7.67. The van der Waals surface area contributed by atoms with Crippen LogP contribution < -0.4 is 5.73 Å². The first-order chi connectivity index (χ1) is 8.49. The summed E-state index contributed by atoms with van der Waals surface area (Å²) in [4.78, 5) is 11.8. The standard InChI is InChI=1S/C11H16N2O3S2/c1-7-9(14)6-10(17-7)18(16)13-4-2-8(3-5-13)11(12)15/h6,8,14H,2-5H2,1H3,(H2,12,15). The number of hydrogen-bond acceptors (Lipinski definition) is 4. The molecular weight excluding hydrogens is 272 g/mol. The second-order valence-electron chi connectivity index (χ2n) is 4.36. The van der Waals surface area contributed by atoms with Gasteiger partial charge in [0.1, 0.15) is 20.9 Å². The first-order valence-electron chi connectivity index (χ1n) is 5.74. The van der Waals surface area contributed by atoms with Crippen LogP contribution in [0.4, 0.5) is 0 Å². The van der Waals surface area contributed by atoms with E-state index in [4.69, 9.17) is 5.73 Å². The van der Waals surface area contributed by atoms with Crippen LogP contribution >= 0.6 is 11.3 Å². The van der Waals surface area contributed by atoms with Gasteiger partial charge in [0.15, 0.2) is 0 Å². The molecule has 2 rings (SSSR count). The third-order valence-electron chi connectivity index (χ3n) is 3.13. The van der Waals surface area contributed by atoms with E-state index in [-0.39, 0.29) is 17.6 Å². The second kappa shape index (κ2) is 5.38. The quantitative estimate of drug-likeness (QED) is 0.869. The van der Waals surface area contributed by atoms with Gasteiger partial charge in [-0.2, -0.15) is 0 Å². The summed E-state index contributed by atoms with van der Waals surface area (Å²) >= 11 is 1.34. The first kappa shape index (κ1) is 13.5. The van der Waals surface area contributed by atoms with Gasteiger partial charge in [-0.1, -0.05) is 0 Å². The van der Waals surface area contributed by atoms with E-state index in [1.807, 2.05) is 4.31 Å². The summed E-state index contributed by atoms with van der Waals surface area (Å²) in [7, 11) is -1.25. The number of aromatic hydroxyl groups is 1. The van der Waals surface area contributed by atoms with Crippen molar-refractivity contribution in [2.24, 2.45) is 11.7 Å². The summed E-state index contributed by atoms with van der Waals surface area (Å²) in [5.74, 6) is -0.183. The van der Waals surface area contributed by atoms with Gasteiger partial charge in [-0.3, -0.25) is 4.79 Å². The van der Waals surface area contributed by atoms with Crippen molar-refractivity contribution in [2.75, 3.05) is 13.1 Å². The minimum Gasteiger partial charge on any atom is -0.507 e. The molecule has 1 amide bonds. The van der Waals surface area contributed by atoms with E-state index in [0.717, 1.165) is 4.88 Å². The van der Waals surface area contributed by atoms with Crippen molar-refractivity contribution in [3.05, 3.63) is 10.9 Å². The zero-order valence-electron chi connectivity index (χ0n) is 10.1. The summed E-state index contributed by atoms with van der Waals surface area (Å²) in [5, 5.41) is 9.50. The average Bonchev–Trinajstić information content (AvgIpc) is 2.69. The van der Waals surface area contributed by atoms with Crippen LogP contribution in [0.5, 0.6) is 5.75 Å². The highest BCUT2D eigenvalue weighted by Gasteiger charge is 2.27. The number of rotatable bonds is 3. The van der Waals surface area contributed by atoms with E-state index in [1.54, 1.807) is 13.0 Å². The summed E-state index contributed by atoms with van der Waals surface area (Å²) in [5.41, 5.74) is 5.26. The molecule has 1 aromatic rings. The number of carbonyl (C=O) groups excluding carboxylic acids is 1. The van der Waals surface area contributed by atoms with Crippen molar-refractivity contribution in [1.82, 2.24) is 4.31 Å². The average molecular weight is 288 g/mol. The second-order valence-corrected chi connectivity index (χ2v) is 7.33. The third-order valence-corrected chi connectivity index (χ3v) is 5.94. The van der Waals surface area contributed by atoms with Gasteiger partial charge < -0.3 is 10.8 Å². The molecule has 0 radical (unpaired) electrons. The number of piperidine rings is 1. The molecule has 0 aromatic carbocycles. The van der Waals surface area contributed by atoms with Gasteiger partial charge in [-0.05, 0) is 19.8 Å². The molecule has 0 saturated carbocycles. The number of primary amides is 1. The molecule has 1 unspecified atom stereocenters. The fourth-order valence-corrected chi connectivity index (χ4v) is 4.59. The van der Waals surface area contributed by atoms with E-state index in [1.165, 1.54) is 11.3 Å². The lowest BCUT2D eigenvalue weighted by atomic mass is 9.98. The summed E-state index contributed by atoms with van der Waals surface area (Å²) in [6.07, 6.45) is 1.30. The minimum absolute atomic E-state index is 0.100. The third kappa shape index (κ3) is 2.73. The van der Waals surface area contributed by atoms with Crippen LogP contribution in [0.3, 0.4) is 0 Å². The number of aryl methyl sites for hydroxylation is 1. The normalized spacial score (nSPS) is 19.8.